The fourth-order valence-corrected chi connectivity index (χ4v) is 5.78. The van der Waals surface area contributed by atoms with Gasteiger partial charge in [0.2, 0.25) is 0 Å². The van der Waals surface area contributed by atoms with E-state index in [1.54, 1.807) is 0 Å². The third-order valence-electron chi connectivity index (χ3n) is 6.30. The van der Waals surface area contributed by atoms with Gasteiger partial charge in [-0.15, -0.1) is 0 Å². The van der Waals surface area contributed by atoms with E-state index >= 15 is 0 Å². The zero-order chi connectivity index (χ0) is 14.7. The Bertz CT molecular complexity index is 453. The fourth-order valence-electron chi connectivity index (χ4n) is 5.78. The van der Waals surface area contributed by atoms with E-state index in [2.05, 4.69) is 20.8 Å². The van der Waals surface area contributed by atoms with Crippen molar-refractivity contribution >= 4 is 11.8 Å². The second-order valence-corrected chi connectivity index (χ2v) is 7.93. The van der Waals surface area contributed by atoms with E-state index in [-0.39, 0.29) is 34.4 Å². The molecule has 3 nitrogen and oxygen atoms in total. The number of carbonyl (C=O) groups is 2. The topological polar surface area (TPSA) is 43.4 Å². The van der Waals surface area contributed by atoms with Crippen LogP contribution in [-0.4, -0.2) is 18.4 Å². The van der Waals surface area contributed by atoms with Gasteiger partial charge in [-0.2, -0.15) is 0 Å². The van der Waals surface area contributed by atoms with E-state index in [4.69, 9.17) is 4.74 Å². The third kappa shape index (κ3) is 1.64. The smallest absolute Gasteiger partial charge is 0.316 e. The minimum Gasteiger partial charge on any atom is -0.465 e. The highest BCUT2D eigenvalue weighted by molar-refractivity contribution is 6.03. The average molecular weight is 278 g/mol. The molecule has 0 radical (unpaired) electrons. The summed E-state index contributed by atoms with van der Waals surface area (Å²) < 4.78 is 5.19. The van der Waals surface area contributed by atoms with Crippen LogP contribution in [0, 0.1) is 34.5 Å². The molecule has 3 heteroatoms. The molecule has 112 valence electrons. The van der Waals surface area contributed by atoms with Crippen molar-refractivity contribution in [1.29, 1.82) is 0 Å². The number of Topliss-reactive ketones (excluding diaryl/α,β-unsaturated/α-hetero) is 1. The van der Waals surface area contributed by atoms with Gasteiger partial charge >= 0.3 is 5.97 Å². The zero-order valence-electron chi connectivity index (χ0n) is 13.1. The van der Waals surface area contributed by atoms with Crippen LogP contribution in [0.25, 0.3) is 0 Å². The summed E-state index contributed by atoms with van der Waals surface area (Å²) in [7, 11) is 0. The molecule has 3 aliphatic carbocycles. The molecule has 0 amide bonds. The van der Waals surface area contributed by atoms with Gasteiger partial charge in [0.1, 0.15) is 5.92 Å². The maximum atomic E-state index is 12.8. The second-order valence-electron chi connectivity index (χ2n) is 7.93. The van der Waals surface area contributed by atoms with Crippen molar-refractivity contribution < 1.29 is 14.3 Å². The van der Waals surface area contributed by atoms with Crippen LogP contribution in [0.2, 0.25) is 0 Å². The quantitative estimate of drug-likeness (QED) is 0.575. The molecule has 0 heterocycles. The zero-order valence-corrected chi connectivity index (χ0v) is 13.1. The average Bonchev–Trinajstić information content (AvgIpc) is 2.88. The Hall–Kier alpha value is -0.860. The number of ketones is 1. The Labute approximate surface area is 121 Å². The minimum atomic E-state index is -0.471. The molecule has 3 aliphatic rings. The molecular weight excluding hydrogens is 252 g/mol. The molecule has 1 unspecified atom stereocenters. The monoisotopic (exact) mass is 278 g/mol. The number of hydrogen-bond donors (Lipinski definition) is 0. The van der Waals surface area contributed by atoms with Crippen LogP contribution in [-0.2, 0) is 14.3 Å². The lowest BCUT2D eigenvalue weighted by Gasteiger charge is -2.35. The van der Waals surface area contributed by atoms with Crippen molar-refractivity contribution in [3.05, 3.63) is 0 Å². The van der Waals surface area contributed by atoms with Gasteiger partial charge in [0.25, 0.3) is 0 Å². The first-order valence-electron chi connectivity index (χ1n) is 8.04. The van der Waals surface area contributed by atoms with E-state index < -0.39 is 5.92 Å². The standard InChI is InChI=1S/C17H26O3/c1-5-20-15(19)13-11-7-6-10(2)17(11)9-16(3,4)8-12(17)14(13)18/h10-13H,5-9H2,1-4H3/t10-,11-,12-,13?,17-/m0/s1. The molecule has 3 saturated carbocycles. The lowest BCUT2D eigenvalue weighted by atomic mass is 9.68. The Morgan fingerprint density at radius 3 is 2.70 bits per heavy atom. The van der Waals surface area contributed by atoms with Gasteiger partial charge in [-0.1, -0.05) is 20.8 Å². The van der Waals surface area contributed by atoms with Gasteiger partial charge in [-0.3, -0.25) is 9.59 Å². The molecule has 0 aliphatic heterocycles. The lowest BCUT2D eigenvalue weighted by Crippen LogP contribution is -2.33. The number of rotatable bonds is 2. The largest absolute Gasteiger partial charge is 0.465 e. The van der Waals surface area contributed by atoms with Crippen molar-refractivity contribution in [2.24, 2.45) is 34.5 Å². The van der Waals surface area contributed by atoms with Crippen LogP contribution >= 0.6 is 0 Å². The summed E-state index contributed by atoms with van der Waals surface area (Å²) in [6.45, 7) is 9.02. The second kappa shape index (κ2) is 4.32. The van der Waals surface area contributed by atoms with Crippen LogP contribution in [0.15, 0.2) is 0 Å². The SMILES string of the molecule is CCOC(=O)C1C(=O)[C@@H]2CC(C)(C)C[C@@]23[C@@H](C)CC[C@@H]13. The van der Waals surface area contributed by atoms with Gasteiger partial charge < -0.3 is 4.74 Å². The van der Waals surface area contributed by atoms with Crippen molar-refractivity contribution in [2.75, 3.05) is 6.61 Å². The van der Waals surface area contributed by atoms with Gasteiger partial charge in [0.15, 0.2) is 5.78 Å². The number of carbonyl (C=O) groups excluding carboxylic acids is 2. The Balaban J connectivity index is 1.99. The van der Waals surface area contributed by atoms with Crippen molar-refractivity contribution in [2.45, 2.75) is 53.4 Å². The molecule has 3 fully saturated rings. The van der Waals surface area contributed by atoms with Crippen LogP contribution < -0.4 is 0 Å². The first-order valence-corrected chi connectivity index (χ1v) is 8.04. The predicted molar refractivity (Wildman–Crippen MR) is 76.0 cm³/mol. The molecule has 0 aromatic carbocycles. The highest BCUT2D eigenvalue weighted by Crippen LogP contribution is 2.71. The Morgan fingerprint density at radius 1 is 1.35 bits per heavy atom. The molecule has 0 aromatic heterocycles. The van der Waals surface area contributed by atoms with E-state index in [0.29, 0.717) is 12.5 Å². The Morgan fingerprint density at radius 2 is 2.05 bits per heavy atom. The summed E-state index contributed by atoms with van der Waals surface area (Å²) in [6, 6.07) is 0. The highest BCUT2D eigenvalue weighted by atomic mass is 16.5. The van der Waals surface area contributed by atoms with Crippen molar-refractivity contribution in [1.82, 2.24) is 0 Å². The van der Waals surface area contributed by atoms with Gasteiger partial charge in [-0.25, -0.2) is 0 Å². The minimum absolute atomic E-state index is 0.0814. The fraction of sp³-hybridized carbons (Fsp3) is 0.882. The molecule has 0 saturated heterocycles. The molecular formula is C17H26O3. The van der Waals surface area contributed by atoms with Crippen molar-refractivity contribution in [3.63, 3.8) is 0 Å². The summed E-state index contributed by atoms with van der Waals surface area (Å²) in [5.74, 6) is 0.336. The summed E-state index contributed by atoms with van der Waals surface area (Å²) in [4.78, 5) is 25.1. The third-order valence-corrected chi connectivity index (χ3v) is 6.30. The van der Waals surface area contributed by atoms with Gasteiger partial charge in [-0.05, 0) is 55.3 Å². The first-order chi connectivity index (χ1) is 9.33. The summed E-state index contributed by atoms with van der Waals surface area (Å²) in [5, 5.41) is 0. The van der Waals surface area contributed by atoms with Crippen LogP contribution in [0.5, 0.6) is 0 Å². The number of esters is 1. The van der Waals surface area contributed by atoms with E-state index in [1.807, 2.05) is 6.92 Å². The summed E-state index contributed by atoms with van der Waals surface area (Å²) in [5.41, 5.74) is 0.314. The number of hydrogen-bond acceptors (Lipinski definition) is 3. The summed E-state index contributed by atoms with van der Waals surface area (Å²) >= 11 is 0. The van der Waals surface area contributed by atoms with Crippen LogP contribution in [0.1, 0.15) is 53.4 Å². The molecule has 20 heavy (non-hydrogen) atoms. The molecule has 0 bridgehead atoms. The van der Waals surface area contributed by atoms with E-state index in [0.717, 1.165) is 25.7 Å². The highest BCUT2D eigenvalue weighted by Gasteiger charge is 2.70. The van der Waals surface area contributed by atoms with Crippen molar-refractivity contribution in [3.8, 4) is 0 Å². The first kappa shape index (κ1) is 14.1. The predicted octanol–water partition coefficient (Wildman–Crippen LogP) is 3.22. The normalized spacial score (nSPS) is 45.3. The molecule has 5 atom stereocenters. The van der Waals surface area contributed by atoms with Crippen LogP contribution in [0.4, 0.5) is 0 Å². The van der Waals surface area contributed by atoms with E-state index in [9.17, 15) is 9.59 Å². The summed E-state index contributed by atoms with van der Waals surface area (Å²) in [6.07, 6.45) is 4.21. The molecule has 3 rings (SSSR count). The lowest BCUT2D eigenvalue weighted by molar-refractivity contribution is -0.152. The maximum absolute atomic E-state index is 12.8. The maximum Gasteiger partial charge on any atom is 0.316 e. The number of ether oxygens (including phenoxy) is 1. The molecule has 0 aromatic rings. The van der Waals surface area contributed by atoms with Gasteiger partial charge in [0.05, 0.1) is 6.61 Å². The molecule has 1 spiro atoms. The van der Waals surface area contributed by atoms with Crippen LogP contribution in [0.3, 0.4) is 0 Å². The Kier molecular flexibility index (Phi) is 3.04. The molecule has 0 N–H and O–H groups in total. The van der Waals surface area contributed by atoms with E-state index in [1.165, 1.54) is 0 Å². The van der Waals surface area contributed by atoms with Gasteiger partial charge in [0, 0.05) is 5.92 Å².